The first-order chi connectivity index (χ1) is 18.4. The SMILES string of the molecule is CCCCCCCC(=O)OC[C@H](CSP(=O)(O)OC1[C@H](O)[C@H](O)C(O)[C@H](O)[C@H]1O)OC(=O)CCCCCCC. The number of aliphatic hydroxyl groups excluding tert-OH is 5. The summed E-state index contributed by atoms with van der Waals surface area (Å²) in [5.74, 6) is -1.33. The van der Waals surface area contributed by atoms with E-state index in [9.17, 15) is 44.6 Å². The Morgan fingerprint density at radius 3 is 1.72 bits per heavy atom. The minimum atomic E-state index is -4.65. The van der Waals surface area contributed by atoms with Crippen molar-refractivity contribution in [2.24, 2.45) is 0 Å². The van der Waals surface area contributed by atoms with Crippen molar-refractivity contribution in [3.63, 3.8) is 0 Å². The van der Waals surface area contributed by atoms with E-state index in [0.717, 1.165) is 51.4 Å². The zero-order chi connectivity index (χ0) is 29.4. The highest BCUT2D eigenvalue weighted by Gasteiger charge is 2.51. The van der Waals surface area contributed by atoms with Crippen molar-refractivity contribution >= 4 is 30.1 Å². The predicted octanol–water partition coefficient (Wildman–Crippen LogP) is 2.20. The van der Waals surface area contributed by atoms with Crippen LogP contribution in [0.2, 0.25) is 0 Å². The molecule has 230 valence electrons. The molecule has 0 aromatic rings. The molecule has 1 rings (SSSR count). The van der Waals surface area contributed by atoms with Crippen LogP contribution in [0.4, 0.5) is 0 Å². The Morgan fingerprint density at radius 2 is 1.21 bits per heavy atom. The molecule has 3 unspecified atom stereocenters. The number of rotatable bonds is 20. The zero-order valence-electron chi connectivity index (χ0n) is 22.9. The normalized spacial score (nSPS) is 27.5. The number of hydrogen-bond donors (Lipinski definition) is 6. The van der Waals surface area contributed by atoms with E-state index in [2.05, 4.69) is 13.8 Å². The second-order valence-corrected chi connectivity index (χ2v) is 13.8. The van der Waals surface area contributed by atoms with Crippen LogP contribution < -0.4 is 0 Å². The number of hydrogen-bond acceptors (Lipinski definition) is 12. The summed E-state index contributed by atoms with van der Waals surface area (Å²) in [6, 6.07) is 0. The third kappa shape index (κ3) is 14.1. The zero-order valence-corrected chi connectivity index (χ0v) is 24.6. The monoisotopic (exact) mass is 602 g/mol. The number of carbonyl (C=O) groups excluding carboxylic acids is 2. The molecule has 14 heteroatoms. The molecule has 0 spiro atoms. The molecule has 0 radical (unpaired) electrons. The number of esters is 2. The van der Waals surface area contributed by atoms with Crippen LogP contribution in [0.25, 0.3) is 0 Å². The van der Waals surface area contributed by atoms with Gasteiger partial charge >= 0.3 is 18.7 Å². The van der Waals surface area contributed by atoms with Crippen molar-refractivity contribution < 1.29 is 58.6 Å². The lowest BCUT2D eigenvalue weighted by Crippen LogP contribution is -2.64. The summed E-state index contributed by atoms with van der Waals surface area (Å²) in [6.45, 7) is -0.819. The Kier molecular flexibility index (Phi) is 18.0. The van der Waals surface area contributed by atoms with Gasteiger partial charge in [-0.1, -0.05) is 65.2 Å². The smallest absolute Gasteiger partial charge is 0.387 e. The van der Waals surface area contributed by atoms with Crippen molar-refractivity contribution in [2.45, 2.75) is 134 Å². The molecule has 0 aromatic carbocycles. The summed E-state index contributed by atoms with van der Waals surface area (Å²) in [4.78, 5) is 34.8. The van der Waals surface area contributed by atoms with Gasteiger partial charge in [-0.05, 0) is 24.2 Å². The second-order valence-electron chi connectivity index (χ2n) is 9.91. The lowest BCUT2D eigenvalue weighted by molar-refractivity contribution is -0.217. The number of ether oxygens (including phenoxy) is 2. The molecule has 8 atom stereocenters. The quantitative estimate of drug-likeness (QED) is 0.0674. The summed E-state index contributed by atoms with van der Waals surface area (Å²) in [5, 5.41) is 49.5. The standard InChI is InChI=1S/C25H47O12PS/c1-3-5-7-9-11-13-18(26)35-15-17(36-19(27)14-12-10-8-6-4-2)16-39-38(33,34)37-25-23(31)21(29)20(28)22(30)24(25)32/h17,20-25,28-32H,3-16H2,1-2H3,(H,33,34)/t17-,20?,21-,22+,23-,24-,25?/m1/s1. The highest BCUT2D eigenvalue weighted by molar-refractivity contribution is 8.54. The van der Waals surface area contributed by atoms with Crippen molar-refractivity contribution in [3.8, 4) is 0 Å². The van der Waals surface area contributed by atoms with Crippen molar-refractivity contribution in [1.82, 2.24) is 0 Å². The highest BCUT2D eigenvalue weighted by Crippen LogP contribution is 2.58. The van der Waals surface area contributed by atoms with Gasteiger partial charge < -0.3 is 39.9 Å². The third-order valence-electron chi connectivity index (χ3n) is 6.45. The van der Waals surface area contributed by atoms with Crippen LogP contribution in [0.3, 0.4) is 0 Å². The van der Waals surface area contributed by atoms with Crippen LogP contribution in [0, 0.1) is 0 Å². The summed E-state index contributed by atoms with van der Waals surface area (Å²) >= 11 is 0.316. The van der Waals surface area contributed by atoms with Crippen LogP contribution in [0.15, 0.2) is 0 Å². The maximum Gasteiger partial charge on any atom is 0.387 e. The van der Waals surface area contributed by atoms with E-state index in [1.165, 1.54) is 0 Å². The van der Waals surface area contributed by atoms with E-state index in [0.29, 0.717) is 24.2 Å². The summed E-state index contributed by atoms with van der Waals surface area (Å²) < 4.78 is 28.3. The van der Waals surface area contributed by atoms with Crippen LogP contribution in [-0.4, -0.2) is 97.5 Å². The molecule has 39 heavy (non-hydrogen) atoms. The van der Waals surface area contributed by atoms with Gasteiger partial charge in [0.2, 0.25) is 0 Å². The molecule has 1 fully saturated rings. The number of carbonyl (C=O) groups is 2. The first-order valence-electron chi connectivity index (χ1n) is 13.8. The summed E-state index contributed by atoms with van der Waals surface area (Å²) in [5.41, 5.74) is 0. The molecule has 0 bridgehead atoms. The molecule has 0 aromatic heterocycles. The molecular formula is C25H47O12PS. The van der Waals surface area contributed by atoms with Gasteiger partial charge in [0.15, 0.2) is 0 Å². The van der Waals surface area contributed by atoms with Crippen LogP contribution in [-0.2, 0) is 28.2 Å². The summed E-state index contributed by atoms with van der Waals surface area (Å²) in [7, 11) is 0. The molecule has 1 aliphatic rings. The van der Waals surface area contributed by atoms with E-state index in [-0.39, 0.29) is 25.2 Å². The van der Waals surface area contributed by atoms with Crippen LogP contribution >= 0.6 is 18.2 Å². The van der Waals surface area contributed by atoms with Gasteiger partial charge in [-0.2, -0.15) is 0 Å². The van der Waals surface area contributed by atoms with Crippen LogP contribution in [0.1, 0.15) is 90.9 Å². The Labute approximate surface area is 234 Å². The van der Waals surface area contributed by atoms with E-state index >= 15 is 0 Å². The minimum absolute atomic E-state index is 0.141. The van der Waals surface area contributed by atoms with Crippen LogP contribution in [0.5, 0.6) is 0 Å². The van der Waals surface area contributed by atoms with Gasteiger partial charge in [0, 0.05) is 18.6 Å². The highest BCUT2D eigenvalue weighted by atomic mass is 32.7. The lowest BCUT2D eigenvalue weighted by Gasteiger charge is -2.41. The predicted molar refractivity (Wildman–Crippen MR) is 145 cm³/mol. The maximum atomic E-state index is 12.7. The third-order valence-corrected chi connectivity index (χ3v) is 9.49. The van der Waals surface area contributed by atoms with E-state index < -0.39 is 61.5 Å². The van der Waals surface area contributed by atoms with Gasteiger partial charge in [-0.3, -0.25) is 14.1 Å². The molecule has 1 saturated carbocycles. The molecule has 12 nitrogen and oxygen atoms in total. The Hall–Kier alpha value is -0.760. The largest absolute Gasteiger partial charge is 0.462 e. The molecule has 0 amide bonds. The molecule has 0 saturated heterocycles. The van der Waals surface area contributed by atoms with E-state index in [1.54, 1.807) is 0 Å². The fourth-order valence-electron chi connectivity index (χ4n) is 4.05. The minimum Gasteiger partial charge on any atom is -0.462 e. The second kappa shape index (κ2) is 19.4. The van der Waals surface area contributed by atoms with Gasteiger partial charge in [0.05, 0.1) is 0 Å². The lowest BCUT2D eigenvalue weighted by atomic mass is 9.85. The van der Waals surface area contributed by atoms with Gasteiger partial charge in [-0.25, -0.2) is 4.57 Å². The van der Waals surface area contributed by atoms with Crippen molar-refractivity contribution in [2.75, 3.05) is 12.4 Å². The summed E-state index contributed by atoms with van der Waals surface area (Å²) in [6.07, 6.45) is -2.95. The van der Waals surface area contributed by atoms with Crippen molar-refractivity contribution in [3.05, 3.63) is 0 Å². The Balaban J connectivity index is 2.70. The van der Waals surface area contributed by atoms with E-state index in [4.69, 9.17) is 14.0 Å². The molecule has 6 N–H and O–H groups in total. The molecule has 0 heterocycles. The van der Waals surface area contributed by atoms with E-state index in [1.807, 2.05) is 0 Å². The molecule has 1 aliphatic carbocycles. The Morgan fingerprint density at radius 1 is 0.744 bits per heavy atom. The molecular weight excluding hydrogens is 555 g/mol. The average Bonchev–Trinajstić information content (AvgIpc) is 2.90. The topological polar surface area (TPSA) is 200 Å². The first kappa shape index (κ1) is 36.3. The molecule has 0 aliphatic heterocycles. The van der Waals surface area contributed by atoms with Gasteiger partial charge in [0.25, 0.3) is 0 Å². The van der Waals surface area contributed by atoms with Gasteiger partial charge in [0.1, 0.15) is 49.3 Å². The maximum absolute atomic E-state index is 12.7. The first-order valence-corrected chi connectivity index (χ1v) is 17.0. The number of aliphatic hydroxyl groups is 5. The fraction of sp³-hybridized carbons (Fsp3) is 0.920. The number of unbranched alkanes of at least 4 members (excludes halogenated alkanes) is 8. The van der Waals surface area contributed by atoms with Crippen molar-refractivity contribution in [1.29, 1.82) is 0 Å². The van der Waals surface area contributed by atoms with Gasteiger partial charge in [-0.15, -0.1) is 0 Å². The fourth-order valence-corrected chi connectivity index (χ4v) is 6.73. The Bertz CT molecular complexity index is 741. The average molecular weight is 603 g/mol.